The molecule has 0 aliphatic heterocycles. The van der Waals surface area contributed by atoms with Crippen LogP contribution >= 0.6 is 23.1 Å². The quantitative estimate of drug-likeness (QED) is 0.360. The van der Waals surface area contributed by atoms with Gasteiger partial charge in [0.2, 0.25) is 11.8 Å². The van der Waals surface area contributed by atoms with Gasteiger partial charge >= 0.3 is 5.97 Å². The van der Waals surface area contributed by atoms with Crippen LogP contribution in [0.2, 0.25) is 0 Å². The number of rotatable bonds is 8. The third-order valence-electron chi connectivity index (χ3n) is 3.69. The maximum absolute atomic E-state index is 12.2. The molecular weight excluding hydrogens is 422 g/mol. The molecule has 0 aliphatic rings. The first-order valence-corrected chi connectivity index (χ1v) is 10.6. The second-order valence-electron chi connectivity index (χ2n) is 5.93. The Balaban J connectivity index is 1.47. The molecule has 0 saturated carbocycles. The molecule has 1 heterocycles. The highest BCUT2D eigenvalue weighted by molar-refractivity contribution is 8.00. The highest BCUT2D eigenvalue weighted by Gasteiger charge is 2.09. The summed E-state index contributed by atoms with van der Waals surface area (Å²) in [4.78, 5) is 39.4. The van der Waals surface area contributed by atoms with Crippen molar-refractivity contribution in [2.45, 2.75) is 4.90 Å². The summed E-state index contributed by atoms with van der Waals surface area (Å²) in [5.74, 6) is -1.67. The van der Waals surface area contributed by atoms with Crippen LogP contribution in [0.4, 0.5) is 10.8 Å². The minimum atomic E-state index is -1.19. The van der Waals surface area contributed by atoms with Gasteiger partial charge in [-0.25, -0.2) is 9.78 Å². The number of carbonyl (C=O) groups is 3. The van der Waals surface area contributed by atoms with E-state index in [0.29, 0.717) is 10.8 Å². The molecule has 0 atom stereocenters. The number of aliphatic carboxylic acids is 1. The Morgan fingerprint density at radius 3 is 2.43 bits per heavy atom. The SMILES string of the molecule is O=C(O)/C=C/C(=O)Nc1ccc(SCC(=O)Nc2nc(-c3ccccc3)cs2)cc1. The second kappa shape index (κ2) is 10.4. The molecule has 0 saturated heterocycles. The van der Waals surface area contributed by atoms with Gasteiger partial charge in [0.15, 0.2) is 5.13 Å². The van der Waals surface area contributed by atoms with Crippen LogP contribution < -0.4 is 10.6 Å². The molecular formula is C21H17N3O4S2. The number of anilines is 2. The molecule has 0 aliphatic carbocycles. The highest BCUT2D eigenvalue weighted by Crippen LogP contribution is 2.25. The predicted octanol–water partition coefficient (Wildman–Crippen LogP) is 4.12. The zero-order chi connectivity index (χ0) is 21.3. The van der Waals surface area contributed by atoms with Crippen LogP contribution in [0, 0.1) is 0 Å². The summed E-state index contributed by atoms with van der Waals surface area (Å²) < 4.78 is 0. The molecule has 3 aromatic rings. The molecule has 7 nitrogen and oxygen atoms in total. The number of thiazole rings is 1. The molecule has 2 amide bonds. The number of aromatic nitrogens is 1. The number of hydrogen-bond acceptors (Lipinski definition) is 6. The van der Waals surface area contributed by atoms with Gasteiger partial charge in [-0.3, -0.25) is 9.59 Å². The largest absolute Gasteiger partial charge is 0.478 e. The lowest BCUT2D eigenvalue weighted by Gasteiger charge is -2.05. The Kier molecular flexibility index (Phi) is 7.36. The minimum Gasteiger partial charge on any atom is -0.478 e. The fourth-order valence-corrected chi connectivity index (χ4v) is 3.78. The summed E-state index contributed by atoms with van der Waals surface area (Å²) in [6.45, 7) is 0. The van der Waals surface area contributed by atoms with Crippen molar-refractivity contribution < 1.29 is 19.5 Å². The molecule has 3 rings (SSSR count). The third-order valence-corrected chi connectivity index (χ3v) is 5.46. The molecule has 152 valence electrons. The van der Waals surface area contributed by atoms with Gasteiger partial charge in [-0.1, -0.05) is 30.3 Å². The van der Waals surface area contributed by atoms with Crippen LogP contribution in [-0.4, -0.2) is 33.6 Å². The fourth-order valence-electron chi connectivity index (χ4n) is 2.34. The first-order chi connectivity index (χ1) is 14.5. The van der Waals surface area contributed by atoms with Gasteiger partial charge in [-0.05, 0) is 24.3 Å². The van der Waals surface area contributed by atoms with Gasteiger partial charge in [0.1, 0.15) is 0 Å². The first-order valence-electron chi connectivity index (χ1n) is 8.75. The molecule has 9 heteroatoms. The Labute approximate surface area is 180 Å². The Morgan fingerprint density at radius 1 is 1.00 bits per heavy atom. The van der Waals surface area contributed by atoms with Crippen molar-refractivity contribution in [3.05, 3.63) is 72.1 Å². The minimum absolute atomic E-state index is 0.162. The monoisotopic (exact) mass is 439 g/mol. The molecule has 0 bridgehead atoms. The number of nitrogens with one attached hydrogen (secondary N) is 2. The molecule has 0 radical (unpaired) electrons. The van der Waals surface area contributed by atoms with Crippen LogP contribution in [-0.2, 0) is 14.4 Å². The Bertz CT molecular complexity index is 1060. The van der Waals surface area contributed by atoms with Crippen molar-refractivity contribution in [2.75, 3.05) is 16.4 Å². The zero-order valence-electron chi connectivity index (χ0n) is 15.6. The van der Waals surface area contributed by atoms with Crippen LogP contribution in [0.3, 0.4) is 0 Å². The standard InChI is InChI=1S/C21H17N3O4S2/c25-18(10-11-20(27)28)22-15-6-8-16(9-7-15)29-13-19(26)24-21-23-17(12-30-21)14-4-2-1-3-5-14/h1-12H,13H2,(H,22,25)(H,27,28)(H,23,24,26)/b11-10+. The number of nitrogens with zero attached hydrogens (tertiary/aromatic N) is 1. The summed E-state index contributed by atoms with van der Waals surface area (Å²) in [5.41, 5.74) is 2.34. The summed E-state index contributed by atoms with van der Waals surface area (Å²) in [5, 5.41) is 16.3. The molecule has 3 N–H and O–H groups in total. The van der Waals surface area contributed by atoms with E-state index in [1.165, 1.54) is 23.1 Å². The zero-order valence-corrected chi connectivity index (χ0v) is 17.2. The average molecular weight is 440 g/mol. The first kappa shape index (κ1) is 21.3. The molecule has 0 unspecified atom stereocenters. The number of amides is 2. The van der Waals surface area contributed by atoms with E-state index in [4.69, 9.17) is 5.11 Å². The Morgan fingerprint density at radius 2 is 1.73 bits per heavy atom. The van der Waals surface area contributed by atoms with E-state index in [-0.39, 0.29) is 11.7 Å². The van der Waals surface area contributed by atoms with Crippen LogP contribution in [0.1, 0.15) is 0 Å². The van der Waals surface area contributed by atoms with Crippen molar-refractivity contribution in [2.24, 2.45) is 0 Å². The van der Waals surface area contributed by atoms with E-state index < -0.39 is 11.9 Å². The van der Waals surface area contributed by atoms with Crippen molar-refractivity contribution >= 4 is 51.7 Å². The molecule has 30 heavy (non-hydrogen) atoms. The Hall–Kier alpha value is -3.43. The van der Waals surface area contributed by atoms with Gasteiger partial charge < -0.3 is 15.7 Å². The lowest BCUT2D eigenvalue weighted by atomic mass is 10.2. The lowest BCUT2D eigenvalue weighted by Crippen LogP contribution is -2.13. The average Bonchev–Trinajstić information content (AvgIpc) is 3.21. The number of carbonyl (C=O) groups excluding carboxylic acids is 2. The summed E-state index contributed by atoms with van der Waals surface area (Å²) >= 11 is 2.73. The van der Waals surface area contributed by atoms with E-state index in [1.54, 1.807) is 24.3 Å². The van der Waals surface area contributed by atoms with Crippen molar-refractivity contribution in [3.8, 4) is 11.3 Å². The van der Waals surface area contributed by atoms with Crippen molar-refractivity contribution in [1.82, 2.24) is 4.98 Å². The number of carboxylic acid groups (broad SMARTS) is 1. The third kappa shape index (κ3) is 6.57. The summed E-state index contributed by atoms with van der Waals surface area (Å²) in [6, 6.07) is 16.6. The molecule has 0 spiro atoms. The highest BCUT2D eigenvalue weighted by atomic mass is 32.2. The van der Waals surface area contributed by atoms with E-state index in [1.807, 2.05) is 35.7 Å². The summed E-state index contributed by atoms with van der Waals surface area (Å²) in [6.07, 6.45) is 1.71. The topological polar surface area (TPSA) is 108 Å². The molecule has 0 fully saturated rings. The second-order valence-corrected chi connectivity index (χ2v) is 7.83. The van der Waals surface area contributed by atoms with Crippen molar-refractivity contribution in [1.29, 1.82) is 0 Å². The van der Waals surface area contributed by atoms with Gasteiger partial charge in [0.05, 0.1) is 11.4 Å². The fraction of sp³-hybridized carbons (Fsp3) is 0.0476. The van der Waals surface area contributed by atoms with Gasteiger partial charge in [0.25, 0.3) is 0 Å². The number of hydrogen-bond donors (Lipinski definition) is 3. The normalized spacial score (nSPS) is 10.7. The predicted molar refractivity (Wildman–Crippen MR) is 119 cm³/mol. The van der Waals surface area contributed by atoms with E-state index in [0.717, 1.165) is 28.3 Å². The molecule has 2 aromatic carbocycles. The number of thioether (sulfide) groups is 1. The number of carboxylic acids is 1. The smallest absolute Gasteiger partial charge is 0.328 e. The van der Waals surface area contributed by atoms with E-state index in [9.17, 15) is 14.4 Å². The van der Waals surface area contributed by atoms with Gasteiger partial charge in [0, 0.05) is 33.7 Å². The van der Waals surface area contributed by atoms with E-state index in [2.05, 4.69) is 15.6 Å². The van der Waals surface area contributed by atoms with E-state index >= 15 is 0 Å². The lowest BCUT2D eigenvalue weighted by molar-refractivity contribution is -0.131. The summed E-state index contributed by atoms with van der Waals surface area (Å²) in [7, 11) is 0. The maximum atomic E-state index is 12.2. The molecule has 1 aromatic heterocycles. The van der Waals surface area contributed by atoms with Crippen LogP contribution in [0.5, 0.6) is 0 Å². The van der Waals surface area contributed by atoms with Gasteiger partial charge in [-0.2, -0.15) is 0 Å². The number of benzene rings is 2. The maximum Gasteiger partial charge on any atom is 0.328 e. The van der Waals surface area contributed by atoms with Gasteiger partial charge in [-0.15, -0.1) is 23.1 Å². The van der Waals surface area contributed by atoms with Crippen LogP contribution in [0.15, 0.2) is 77.0 Å². The van der Waals surface area contributed by atoms with Crippen molar-refractivity contribution in [3.63, 3.8) is 0 Å². The van der Waals surface area contributed by atoms with Crippen LogP contribution in [0.25, 0.3) is 11.3 Å².